The maximum absolute atomic E-state index is 10.5. The van der Waals surface area contributed by atoms with E-state index in [1.807, 2.05) is 17.7 Å². The van der Waals surface area contributed by atoms with E-state index in [4.69, 9.17) is 0 Å². The Labute approximate surface area is 118 Å². The number of nitro groups is 1. The number of thioether (sulfide) groups is 1. The first-order valence-electron chi connectivity index (χ1n) is 5.35. The van der Waals surface area contributed by atoms with Gasteiger partial charge >= 0.3 is 0 Å². The van der Waals surface area contributed by atoms with Crippen molar-refractivity contribution in [3.63, 3.8) is 0 Å². The number of nitro benzene ring substituents is 1. The second kappa shape index (κ2) is 6.35. The van der Waals surface area contributed by atoms with Crippen LogP contribution in [0.2, 0.25) is 0 Å². The van der Waals surface area contributed by atoms with E-state index in [2.05, 4.69) is 10.5 Å². The Bertz CT molecular complexity index is 593. The number of hydrazone groups is 1. The molecule has 0 spiro atoms. The van der Waals surface area contributed by atoms with Crippen LogP contribution in [0.1, 0.15) is 5.56 Å². The van der Waals surface area contributed by atoms with Crippen LogP contribution in [0.5, 0.6) is 0 Å². The van der Waals surface area contributed by atoms with Gasteiger partial charge in [-0.2, -0.15) is 5.10 Å². The van der Waals surface area contributed by atoms with Crippen molar-refractivity contribution in [1.82, 2.24) is 0 Å². The predicted molar refractivity (Wildman–Crippen MR) is 80.4 cm³/mol. The molecule has 0 aliphatic rings. The summed E-state index contributed by atoms with van der Waals surface area (Å²) in [6.07, 6.45) is 3.76. The van der Waals surface area contributed by atoms with E-state index < -0.39 is 4.92 Å². The molecular weight excluding hydrogens is 282 g/mol. The zero-order valence-electron chi connectivity index (χ0n) is 10.1. The molecule has 7 heteroatoms. The normalized spacial score (nSPS) is 10.8. The van der Waals surface area contributed by atoms with Crippen LogP contribution in [0, 0.1) is 10.1 Å². The second-order valence-electron chi connectivity index (χ2n) is 3.54. The van der Waals surface area contributed by atoms with Crippen LogP contribution in [0.15, 0.2) is 45.0 Å². The molecule has 1 aromatic heterocycles. The molecule has 19 heavy (non-hydrogen) atoms. The lowest BCUT2D eigenvalue weighted by molar-refractivity contribution is -0.384. The van der Waals surface area contributed by atoms with Crippen molar-refractivity contribution in [2.75, 3.05) is 11.7 Å². The van der Waals surface area contributed by atoms with Crippen molar-refractivity contribution in [2.24, 2.45) is 5.10 Å². The third-order valence-corrected chi connectivity index (χ3v) is 4.44. The Kier molecular flexibility index (Phi) is 4.53. The third kappa shape index (κ3) is 3.55. The molecule has 98 valence electrons. The Hall–Kier alpha value is -1.86. The van der Waals surface area contributed by atoms with Crippen LogP contribution in [0.3, 0.4) is 0 Å². The summed E-state index contributed by atoms with van der Waals surface area (Å²) in [6.45, 7) is 0. The molecule has 0 radical (unpaired) electrons. The highest BCUT2D eigenvalue weighted by Gasteiger charge is 2.03. The van der Waals surface area contributed by atoms with Crippen LogP contribution in [0.25, 0.3) is 0 Å². The van der Waals surface area contributed by atoms with Crippen molar-refractivity contribution in [2.45, 2.75) is 4.21 Å². The monoisotopic (exact) mass is 293 g/mol. The molecule has 0 saturated heterocycles. The number of hydrogen-bond donors (Lipinski definition) is 1. The van der Waals surface area contributed by atoms with Crippen molar-refractivity contribution in [3.05, 3.63) is 51.4 Å². The number of rotatable bonds is 5. The highest BCUT2D eigenvalue weighted by Crippen LogP contribution is 2.25. The maximum atomic E-state index is 10.5. The van der Waals surface area contributed by atoms with Gasteiger partial charge in [0.1, 0.15) is 0 Å². The Balaban J connectivity index is 2.00. The zero-order valence-corrected chi connectivity index (χ0v) is 11.7. The summed E-state index contributed by atoms with van der Waals surface area (Å²) in [6, 6.07) is 8.13. The summed E-state index contributed by atoms with van der Waals surface area (Å²) >= 11 is 3.35. The lowest BCUT2D eigenvalue weighted by atomic mass is 10.3. The first-order valence-corrected chi connectivity index (χ1v) is 7.46. The van der Waals surface area contributed by atoms with E-state index >= 15 is 0 Å². The molecule has 0 amide bonds. The first kappa shape index (κ1) is 13.6. The number of nitrogens with zero attached hydrogens (tertiary/aromatic N) is 2. The minimum Gasteiger partial charge on any atom is -0.278 e. The average Bonchev–Trinajstić information content (AvgIpc) is 2.87. The quantitative estimate of drug-likeness (QED) is 0.394. The molecule has 5 nitrogen and oxygen atoms in total. The molecule has 2 aromatic rings. The van der Waals surface area contributed by atoms with Crippen LogP contribution < -0.4 is 5.43 Å². The van der Waals surface area contributed by atoms with E-state index in [1.165, 1.54) is 16.3 Å². The first-order chi connectivity index (χ1) is 9.20. The van der Waals surface area contributed by atoms with E-state index in [1.54, 1.807) is 41.4 Å². The molecule has 1 aromatic carbocycles. The van der Waals surface area contributed by atoms with E-state index in [-0.39, 0.29) is 5.69 Å². The van der Waals surface area contributed by atoms with Gasteiger partial charge in [-0.1, -0.05) is 0 Å². The van der Waals surface area contributed by atoms with E-state index in [9.17, 15) is 10.1 Å². The van der Waals surface area contributed by atoms with E-state index in [0.29, 0.717) is 5.69 Å². The maximum Gasteiger partial charge on any atom is 0.269 e. The standard InChI is InChI=1S/C12H11N3O2S2/c1-18-12-9(6-7-19-12)8-13-14-10-2-4-11(5-3-10)15(16)17/h2-8,14H,1H3. The lowest BCUT2D eigenvalue weighted by Gasteiger charge is -1.99. The molecule has 2 rings (SSSR count). The van der Waals surface area contributed by atoms with Gasteiger partial charge < -0.3 is 0 Å². The lowest BCUT2D eigenvalue weighted by Crippen LogP contribution is -1.91. The van der Waals surface area contributed by atoms with Gasteiger partial charge in [-0.3, -0.25) is 15.5 Å². The Morgan fingerprint density at radius 2 is 2.11 bits per heavy atom. The van der Waals surface area contributed by atoms with Crippen molar-refractivity contribution < 1.29 is 4.92 Å². The fourth-order valence-electron chi connectivity index (χ4n) is 1.40. The molecule has 0 aliphatic heterocycles. The Morgan fingerprint density at radius 1 is 1.37 bits per heavy atom. The van der Waals surface area contributed by atoms with Gasteiger partial charge in [0.15, 0.2) is 0 Å². The zero-order chi connectivity index (χ0) is 13.7. The van der Waals surface area contributed by atoms with Gasteiger partial charge in [0.25, 0.3) is 5.69 Å². The SMILES string of the molecule is CSc1sccc1C=NNc1ccc([N+](=O)[O-])cc1. The van der Waals surface area contributed by atoms with Crippen LogP contribution >= 0.6 is 23.1 Å². The van der Waals surface area contributed by atoms with Crippen molar-refractivity contribution >= 4 is 40.7 Å². The molecule has 0 fully saturated rings. The van der Waals surface area contributed by atoms with Gasteiger partial charge in [-0.05, 0) is 29.8 Å². The molecule has 1 N–H and O–H groups in total. The summed E-state index contributed by atoms with van der Waals surface area (Å²) in [5, 5.41) is 16.6. The number of thiophene rings is 1. The molecule has 0 aliphatic carbocycles. The van der Waals surface area contributed by atoms with E-state index in [0.717, 1.165) is 5.56 Å². The average molecular weight is 293 g/mol. The highest BCUT2D eigenvalue weighted by atomic mass is 32.2. The minimum absolute atomic E-state index is 0.0667. The van der Waals surface area contributed by atoms with Crippen LogP contribution in [-0.2, 0) is 0 Å². The van der Waals surface area contributed by atoms with Gasteiger partial charge in [0.2, 0.25) is 0 Å². The molecule has 0 bridgehead atoms. The highest BCUT2D eigenvalue weighted by molar-refractivity contribution is 8.00. The summed E-state index contributed by atoms with van der Waals surface area (Å²) in [7, 11) is 0. The predicted octanol–water partition coefficient (Wildman–Crippen LogP) is 3.82. The molecule has 0 unspecified atom stereocenters. The van der Waals surface area contributed by atoms with Crippen molar-refractivity contribution in [1.29, 1.82) is 0 Å². The number of anilines is 1. The van der Waals surface area contributed by atoms with Crippen molar-refractivity contribution in [3.8, 4) is 0 Å². The Morgan fingerprint density at radius 3 is 2.74 bits per heavy atom. The smallest absolute Gasteiger partial charge is 0.269 e. The number of non-ortho nitro benzene ring substituents is 1. The van der Waals surface area contributed by atoms with Gasteiger partial charge in [0.05, 0.1) is 21.0 Å². The summed E-state index contributed by atoms with van der Waals surface area (Å²) in [5.74, 6) is 0. The largest absolute Gasteiger partial charge is 0.278 e. The fourth-order valence-corrected chi connectivity index (χ4v) is 2.90. The number of hydrogen-bond acceptors (Lipinski definition) is 6. The summed E-state index contributed by atoms with van der Waals surface area (Å²) in [5.41, 5.74) is 4.68. The van der Waals surface area contributed by atoms with Gasteiger partial charge in [-0.25, -0.2) is 0 Å². The third-order valence-electron chi connectivity index (χ3n) is 2.32. The molecule has 0 atom stereocenters. The van der Waals surface area contributed by atoms with Crippen LogP contribution in [-0.4, -0.2) is 17.4 Å². The fraction of sp³-hybridized carbons (Fsp3) is 0.0833. The minimum atomic E-state index is -0.427. The molecule has 0 saturated carbocycles. The summed E-state index contributed by atoms with van der Waals surface area (Å²) < 4.78 is 1.20. The summed E-state index contributed by atoms with van der Waals surface area (Å²) in [4.78, 5) is 10.1. The van der Waals surface area contributed by atoms with Gasteiger partial charge in [-0.15, -0.1) is 23.1 Å². The molecular formula is C12H11N3O2S2. The number of nitrogens with one attached hydrogen (secondary N) is 1. The molecule has 1 heterocycles. The number of benzene rings is 1. The second-order valence-corrected chi connectivity index (χ2v) is 5.53. The topological polar surface area (TPSA) is 67.5 Å². The van der Waals surface area contributed by atoms with Crippen LogP contribution in [0.4, 0.5) is 11.4 Å². The van der Waals surface area contributed by atoms with Gasteiger partial charge in [0, 0.05) is 17.7 Å².